The number of H-pyrrole nitrogens is 1. The second-order valence-electron chi connectivity index (χ2n) is 10.1. The minimum absolute atomic E-state index is 0.00181. The maximum atomic E-state index is 13.6. The maximum Gasteiger partial charge on any atom is 0.326 e. The van der Waals surface area contributed by atoms with Crippen LogP contribution in [0, 0.1) is 5.92 Å². The molecule has 2 aliphatic heterocycles. The van der Waals surface area contributed by atoms with Gasteiger partial charge in [0.25, 0.3) is 0 Å². The summed E-state index contributed by atoms with van der Waals surface area (Å²) >= 11 is 0. The third kappa shape index (κ3) is 4.43. The predicted molar refractivity (Wildman–Crippen MR) is 138 cm³/mol. The van der Waals surface area contributed by atoms with Crippen molar-refractivity contribution < 1.29 is 9.18 Å². The van der Waals surface area contributed by atoms with Gasteiger partial charge in [0.15, 0.2) is 11.5 Å². The van der Waals surface area contributed by atoms with E-state index in [1.807, 2.05) is 46.3 Å². The van der Waals surface area contributed by atoms with Crippen LogP contribution in [0.3, 0.4) is 0 Å². The minimum Gasteiger partial charge on any atom is -0.321 e. The summed E-state index contributed by atoms with van der Waals surface area (Å²) in [4.78, 5) is 28.5. The number of likely N-dealkylation sites (tertiary alicyclic amines) is 1. The maximum absolute atomic E-state index is 13.6. The van der Waals surface area contributed by atoms with E-state index >= 15 is 0 Å². The van der Waals surface area contributed by atoms with E-state index in [1.54, 1.807) is 17.0 Å². The van der Waals surface area contributed by atoms with Crippen LogP contribution >= 0.6 is 0 Å². The monoisotopic (exact) mass is 503 g/mol. The van der Waals surface area contributed by atoms with Gasteiger partial charge in [-0.05, 0) is 24.0 Å². The Morgan fingerprint density at radius 3 is 2.62 bits per heavy atom. The van der Waals surface area contributed by atoms with Crippen LogP contribution in [-0.4, -0.2) is 90.5 Å². The molecule has 2 saturated heterocycles. The van der Waals surface area contributed by atoms with Gasteiger partial charge < -0.3 is 4.90 Å². The molecule has 2 fully saturated rings. The summed E-state index contributed by atoms with van der Waals surface area (Å²) in [6, 6.07) is 9.72. The van der Waals surface area contributed by atoms with Crippen molar-refractivity contribution in [1.82, 2.24) is 39.6 Å². The van der Waals surface area contributed by atoms with Gasteiger partial charge in [0.2, 0.25) is 0 Å². The predicted octanol–water partition coefficient (Wildman–Crippen LogP) is 3.49. The zero-order valence-corrected chi connectivity index (χ0v) is 21.0. The second kappa shape index (κ2) is 9.55. The Morgan fingerprint density at radius 2 is 1.92 bits per heavy atom. The molecule has 0 bridgehead atoms. The smallest absolute Gasteiger partial charge is 0.321 e. The number of aromatic amines is 1. The number of carbonyl (C=O) groups excluding carboxylic acids is 1. The first kappa shape index (κ1) is 23.5. The fourth-order valence-corrected chi connectivity index (χ4v) is 5.24. The molecule has 11 heteroatoms. The molecule has 10 nitrogen and oxygen atoms in total. The zero-order chi connectivity index (χ0) is 25.5. The number of halogens is 1. The molecule has 5 heterocycles. The van der Waals surface area contributed by atoms with Crippen molar-refractivity contribution in [2.75, 3.05) is 37.6 Å². The number of rotatable bonds is 7. The topological polar surface area (TPSA) is 98.6 Å². The van der Waals surface area contributed by atoms with Crippen molar-refractivity contribution in [2.45, 2.75) is 32.5 Å². The number of urea groups is 1. The molecule has 192 valence electrons. The molecule has 2 atom stereocenters. The third-order valence-corrected chi connectivity index (χ3v) is 7.36. The van der Waals surface area contributed by atoms with Gasteiger partial charge in [-0.2, -0.15) is 10.2 Å². The van der Waals surface area contributed by atoms with Crippen LogP contribution in [0.4, 0.5) is 15.0 Å². The molecule has 1 N–H and O–H groups in total. The molecule has 37 heavy (non-hydrogen) atoms. The summed E-state index contributed by atoms with van der Waals surface area (Å²) in [5.41, 5.74) is 3.44. The van der Waals surface area contributed by atoms with Crippen LogP contribution in [0.2, 0.25) is 0 Å². The molecule has 0 radical (unpaired) electrons. The number of nitrogens with one attached hydrogen (secondary N) is 1. The van der Waals surface area contributed by atoms with E-state index in [9.17, 15) is 9.18 Å². The molecule has 2 amide bonds. The third-order valence-electron chi connectivity index (χ3n) is 7.36. The van der Waals surface area contributed by atoms with Crippen molar-refractivity contribution in [1.29, 1.82) is 0 Å². The minimum atomic E-state index is -0.756. The summed E-state index contributed by atoms with van der Waals surface area (Å²) in [6.07, 6.45) is 5.02. The number of carbonyl (C=O) groups is 1. The average molecular weight is 504 g/mol. The molecule has 0 saturated carbocycles. The van der Waals surface area contributed by atoms with Crippen LogP contribution in [0.1, 0.15) is 20.3 Å². The Morgan fingerprint density at radius 1 is 1.11 bits per heavy atom. The molecule has 0 unspecified atom stereocenters. The number of fused-ring (bicyclic) bond motifs is 1. The van der Waals surface area contributed by atoms with E-state index < -0.39 is 6.17 Å². The van der Waals surface area contributed by atoms with E-state index in [1.165, 1.54) is 0 Å². The molecular weight excluding hydrogens is 473 g/mol. The summed E-state index contributed by atoms with van der Waals surface area (Å²) in [6.45, 7) is 7.37. The van der Waals surface area contributed by atoms with Crippen LogP contribution < -0.4 is 4.90 Å². The van der Waals surface area contributed by atoms with Crippen LogP contribution in [-0.2, 0) is 0 Å². The lowest BCUT2D eigenvalue weighted by atomic mass is 10.0. The molecule has 0 aliphatic carbocycles. The quantitative estimate of drug-likeness (QED) is 0.415. The molecular formula is C26H30FN9O. The molecule has 1 aromatic carbocycles. The van der Waals surface area contributed by atoms with Crippen molar-refractivity contribution in [3.63, 3.8) is 0 Å². The first-order valence-corrected chi connectivity index (χ1v) is 12.7. The van der Waals surface area contributed by atoms with E-state index in [0.29, 0.717) is 49.9 Å². The Hall–Kier alpha value is -3.86. The van der Waals surface area contributed by atoms with Crippen molar-refractivity contribution in [2.24, 2.45) is 5.92 Å². The van der Waals surface area contributed by atoms with Crippen LogP contribution in [0.25, 0.3) is 28.2 Å². The number of anilines is 1. The highest BCUT2D eigenvalue weighted by molar-refractivity contribution is 5.94. The Labute approximate surface area is 214 Å². The number of hydrogen-bond acceptors (Lipinski definition) is 6. The lowest BCUT2D eigenvalue weighted by molar-refractivity contribution is 0.207. The van der Waals surface area contributed by atoms with E-state index in [4.69, 9.17) is 4.98 Å². The number of nitrogens with zero attached hydrogens (tertiary/aromatic N) is 8. The normalized spacial score (nSPS) is 20.7. The highest BCUT2D eigenvalue weighted by Crippen LogP contribution is 2.31. The van der Waals surface area contributed by atoms with Gasteiger partial charge in [0.05, 0.1) is 12.2 Å². The number of benzene rings is 1. The van der Waals surface area contributed by atoms with Gasteiger partial charge in [-0.1, -0.05) is 38.1 Å². The summed E-state index contributed by atoms with van der Waals surface area (Å²) < 4.78 is 15.3. The highest BCUT2D eigenvalue weighted by atomic mass is 19.1. The van der Waals surface area contributed by atoms with Crippen molar-refractivity contribution in [3.05, 3.63) is 49.1 Å². The van der Waals surface area contributed by atoms with Gasteiger partial charge in [-0.3, -0.25) is 14.9 Å². The largest absolute Gasteiger partial charge is 0.326 e. The lowest BCUT2D eigenvalue weighted by Gasteiger charge is -2.25. The van der Waals surface area contributed by atoms with E-state index in [0.717, 1.165) is 23.2 Å². The summed E-state index contributed by atoms with van der Waals surface area (Å²) in [5, 5.41) is 11.3. The van der Waals surface area contributed by atoms with E-state index in [2.05, 4.69) is 39.0 Å². The van der Waals surface area contributed by atoms with Gasteiger partial charge in [-0.15, -0.1) is 0 Å². The first-order chi connectivity index (χ1) is 18.0. The Balaban J connectivity index is 1.27. The zero-order valence-electron chi connectivity index (χ0n) is 21.0. The van der Waals surface area contributed by atoms with E-state index in [-0.39, 0.29) is 18.0 Å². The Bertz CT molecular complexity index is 1390. The number of amides is 2. The Kier molecular flexibility index (Phi) is 6.07. The second-order valence-corrected chi connectivity index (χ2v) is 10.1. The summed E-state index contributed by atoms with van der Waals surface area (Å²) in [5.74, 6) is 1.50. The average Bonchev–Trinajstić information content (AvgIpc) is 3.70. The number of hydrogen-bond donors (Lipinski definition) is 1. The summed E-state index contributed by atoms with van der Waals surface area (Å²) in [7, 11) is 0. The lowest BCUT2D eigenvalue weighted by Crippen LogP contribution is -2.39. The highest BCUT2D eigenvalue weighted by Gasteiger charge is 2.40. The molecule has 6 rings (SSSR count). The molecule has 2 aliphatic rings. The standard InChI is InChI=1S/C26H30FN9O/c1-17(2)22-15-34(12-11-33-9-7-20(27)14-33)26(37)36(22)23-8-10-35-25(31-23)21(13-30-35)18-3-5-19(6-4-18)24-28-16-29-32-24/h3-6,8,10,13,16-17,20,22H,7,9,11-12,14-15H2,1-2H3,(H,28,29,32)/t20-,22+/m0/s1. The fourth-order valence-electron chi connectivity index (χ4n) is 5.24. The van der Waals surface area contributed by atoms with Gasteiger partial charge in [-0.25, -0.2) is 23.7 Å². The molecule has 0 spiro atoms. The van der Waals surface area contributed by atoms with Crippen LogP contribution in [0.15, 0.2) is 49.1 Å². The first-order valence-electron chi connectivity index (χ1n) is 12.7. The SMILES string of the molecule is CC(C)[C@H]1CN(CCN2CC[C@H](F)C2)C(=O)N1c1ccn2ncc(-c3ccc(-c4nc[nH]n4)cc3)c2n1. The van der Waals surface area contributed by atoms with Gasteiger partial charge >= 0.3 is 6.03 Å². The molecule has 3 aromatic heterocycles. The number of alkyl halides is 1. The van der Waals surface area contributed by atoms with Crippen LogP contribution in [0.5, 0.6) is 0 Å². The van der Waals surface area contributed by atoms with Gasteiger partial charge in [0.1, 0.15) is 18.3 Å². The fraction of sp³-hybridized carbons (Fsp3) is 0.423. The van der Waals surface area contributed by atoms with Crippen molar-refractivity contribution in [3.8, 4) is 22.5 Å². The van der Waals surface area contributed by atoms with Crippen molar-refractivity contribution >= 4 is 17.5 Å². The molecule has 4 aromatic rings. The number of aromatic nitrogens is 6. The van der Waals surface area contributed by atoms with Gasteiger partial charge in [0, 0.05) is 50.0 Å².